The molecule has 2 N–H and O–H groups in total. The lowest BCUT2D eigenvalue weighted by Gasteiger charge is -2.06. The molecule has 1 heterocycles. The summed E-state index contributed by atoms with van der Waals surface area (Å²) in [6.07, 6.45) is 0. The Morgan fingerprint density at radius 2 is 1.86 bits per heavy atom. The van der Waals surface area contributed by atoms with Gasteiger partial charge in [-0.05, 0) is 23.6 Å². The summed E-state index contributed by atoms with van der Waals surface area (Å²) in [7, 11) is 0. The van der Waals surface area contributed by atoms with E-state index >= 15 is 0 Å². The lowest BCUT2D eigenvalue weighted by Crippen LogP contribution is -2.28. The predicted molar refractivity (Wildman–Crippen MR) is 107 cm³/mol. The Kier molecular flexibility index (Phi) is 5.16. The third kappa shape index (κ3) is 4.10. The molecule has 0 unspecified atom stereocenters. The van der Waals surface area contributed by atoms with Crippen LogP contribution in [0.5, 0.6) is 17.2 Å². The molecule has 1 aliphatic rings. The highest BCUT2D eigenvalue weighted by atomic mass is 16.7. The average molecular weight is 374 g/mol. The van der Waals surface area contributed by atoms with Gasteiger partial charge in [-0.1, -0.05) is 48.2 Å². The number of nitrogens with one attached hydrogen (secondary N) is 2. The van der Waals surface area contributed by atoms with E-state index in [0.29, 0.717) is 17.2 Å². The number of benzene rings is 3. The van der Waals surface area contributed by atoms with Gasteiger partial charge in [-0.15, -0.1) is 0 Å². The molecule has 0 radical (unpaired) electrons. The average Bonchev–Trinajstić information content (AvgIpc) is 3.18. The van der Waals surface area contributed by atoms with Gasteiger partial charge in [-0.2, -0.15) is 0 Å². The summed E-state index contributed by atoms with van der Waals surface area (Å²) in [6.45, 7) is 0.663. The number of ether oxygens (including phenoxy) is 3. The van der Waals surface area contributed by atoms with Crippen LogP contribution in [0, 0.1) is 11.8 Å². The molecule has 28 heavy (non-hydrogen) atoms. The molecular weight excluding hydrogens is 356 g/mol. The molecule has 0 saturated heterocycles. The standard InChI is InChI=1S/C22H18N2O4/c25-22(24-17-10-11-20-21(14-17)28-15-27-20)23-12-3-4-13-26-19-9-5-7-16-6-1-2-8-18(16)19/h1-2,5-11,14H,12-13,15H2,(H2,23,24,25). The normalized spacial score (nSPS) is 11.4. The molecule has 3 aromatic carbocycles. The third-order valence-corrected chi connectivity index (χ3v) is 4.14. The zero-order valence-electron chi connectivity index (χ0n) is 15.0. The van der Waals surface area contributed by atoms with Crippen LogP contribution in [0.15, 0.2) is 60.7 Å². The van der Waals surface area contributed by atoms with E-state index in [9.17, 15) is 4.79 Å². The third-order valence-electron chi connectivity index (χ3n) is 4.14. The number of anilines is 1. The van der Waals surface area contributed by atoms with Gasteiger partial charge in [0.25, 0.3) is 0 Å². The van der Waals surface area contributed by atoms with Crippen molar-refractivity contribution < 1.29 is 19.0 Å². The van der Waals surface area contributed by atoms with E-state index in [0.717, 1.165) is 16.5 Å². The minimum absolute atomic E-state index is 0.196. The lowest BCUT2D eigenvalue weighted by molar-refractivity contribution is 0.174. The van der Waals surface area contributed by atoms with Gasteiger partial charge in [0.15, 0.2) is 11.5 Å². The van der Waals surface area contributed by atoms with Crippen LogP contribution >= 0.6 is 0 Å². The number of carbonyl (C=O) groups is 1. The fourth-order valence-corrected chi connectivity index (χ4v) is 2.82. The van der Waals surface area contributed by atoms with Crippen LogP contribution in [-0.4, -0.2) is 26.0 Å². The number of fused-ring (bicyclic) bond motifs is 2. The molecule has 0 saturated carbocycles. The van der Waals surface area contributed by atoms with Gasteiger partial charge in [0.2, 0.25) is 6.79 Å². The summed E-state index contributed by atoms with van der Waals surface area (Å²) in [5.41, 5.74) is 0.619. The largest absolute Gasteiger partial charge is 0.480 e. The summed E-state index contributed by atoms with van der Waals surface area (Å²) in [5, 5.41) is 7.57. The van der Waals surface area contributed by atoms with E-state index in [1.165, 1.54) is 0 Å². The van der Waals surface area contributed by atoms with Crippen LogP contribution in [-0.2, 0) is 0 Å². The van der Waals surface area contributed by atoms with E-state index in [1.807, 2.05) is 42.5 Å². The topological polar surface area (TPSA) is 68.8 Å². The number of amides is 2. The molecule has 3 aromatic rings. The van der Waals surface area contributed by atoms with Gasteiger partial charge in [-0.25, -0.2) is 4.79 Å². The molecular formula is C22H18N2O4. The Balaban J connectivity index is 1.23. The van der Waals surface area contributed by atoms with E-state index in [2.05, 4.69) is 22.5 Å². The van der Waals surface area contributed by atoms with Crippen molar-refractivity contribution in [2.24, 2.45) is 0 Å². The molecule has 6 heteroatoms. The highest BCUT2D eigenvalue weighted by Gasteiger charge is 2.13. The number of carbonyl (C=O) groups excluding carboxylic acids is 1. The Labute approximate surface area is 162 Å². The molecule has 140 valence electrons. The molecule has 6 nitrogen and oxygen atoms in total. The molecule has 0 atom stereocenters. The molecule has 1 aliphatic heterocycles. The van der Waals surface area contributed by atoms with E-state index < -0.39 is 0 Å². The van der Waals surface area contributed by atoms with Crippen LogP contribution in [0.1, 0.15) is 0 Å². The van der Waals surface area contributed by atoms with Crippen LogP contribution in [0.4, 0.5) is 10.5 Å². The fraction of sp³-hybridized carbons (Fsp3) is 0.136. The first-order valence-electron chi connectivity index (χ1n) is 8.80. The summed E-state index contributed by atoms with van der Waals surface area (Å²) in [6, 6.07) is 18.8. The van der Waals surface area contributed by atoms with Crippen molar-refractivity contribution in [3.05, 3.63) is 60.7 Å². The predicted octanol–water partition coefficient (Wildman–Crippen LogP) is 3.77. The maximum Gasteiger partial charge on any atom is 0.319 e. The summed E-state index contributed by atoms with van der Waals surface area (Å²) in [5.74, 6) is 7.85. The Hall–Kier alpha value is -3.85. The lowest BCUT2D eigenvalue weighted by atomic mass is 10.1. The van der Waals surface area contributed by atoms with Crippen molar-refractivity contribution >= 4 is 22.5 Å². The van der Waals surface area contributed by atoms with Crippen LogP contribution in [0.2, 0.25) is 0 Å². The second-order valence-electron chi connectivity index (χ2n) is 6.00. The monoisotopic (exact) mass is 374 g/mol. The maximum absolute atomic E-state index is 11.9. The zero-order chi connectivity index (χ0) is 19.2. The Morgan fingerprint density at radius 1 is 1.00 bits per heavy atom. The maximum atomic E-state index is 11.9. The highest BCUT2D eigenvalue weighted by molar-refractivity contribution is 5.90. The van der Waals surface area contributed by atoms with Crippen LogP contribution in [0.25, 0.3) is 10.8 Å². The van der Waals surface area contributed by atoms with Gasteiger partial charge < -0.3 is 24.8 Å². The first-order chi connectivity index (χ1) is 13.8. The van der Waals surface area contributed by atoms with Crippen molar-refractivity contribution in [2.45, 2.75) is 0 Å². The van der Waals surface area contributed by atoms with Crippen molar-refractivity contribution in [3.8, 4) is 29.1 Å². The summed E-state index contributed by atoms with van der Waals surface area (Å²) in [4.78, 5) is 11.9. The van der Waals surface area contributed by atoms with Crippen molar-refractivity contribution in [2.75, 3.05) is 25.3 Å². The van der Waals surface area contributed by atoms with Crippen molar-refractivity contribution in [1.82, 2.24) is 5.32 Å². The second-order valence-corrected chi connectivity index (χ2v) is 6.00. The van der Waals surface area contributed by atoms with Crippen LogP contribution < -0.4 is 24.8 Å². The van der Waals surface area contributed by atoms with Gasteiger partial charge in [0.05, 0.1) is 6.54 Å². The Bertz CT molecular complexity index is 1060. The van der Waals surface area contributed by atoms with E-state index in [-0.39, 0.29) is 26.0 Å². The second kappa shape index (κ2) is 8.23. The van der Waals surface area contributed by atoms with Crippen molar-refractivity contribution in [1.29, 1.82) is 0 Å². The van der Waals surface area contributed by atoms with E-state index in [1.54, 1.807) is 18.2 Å². The number of hydrogen-bond acceptors (Lipinski definition) is 4. The summed E-state index contributed by atoms with van der Waals surface area (Å²) < 4.78 is 16.3. The van der Waals surface area contributed by atoms with Gasteiger partial charge >= 0.3 is 6.03 Å². The minimum Gasteiger partial charge on any atom is -0.480 e. The molecule has 0 spiro atoms. The van der Waals surface area contributed by atoms with E-state index in [4.69, 9.17) is 14.2 Å². The number of hydrogen-bond donors (Lipinski definition) is 2. The molecule has 4 rings (SSSR count). The first-order valence-corrected chi connectivity index (χ1v) is 8.80. The van der Waals surface area contributed by atoms with Crippen molar-refractivity contribution in [3.63, 3.8) is 0 Å². The summed E-state index contributed by atoms with van der Waals surface area (Å²) >= 11 is 0. The molecule has 0 aliphatic carbocycles. The van der Waals surface area contributed by atoms with Crippen LogP contribution in [0.3, 0.4) is 0 Å². The molecule has 0 fully saturated rings. The molecule has 0 bridgehead atoms. The number of urea groups is 1. The van der Waals surface area contributed by atoms with Gasteiger partial charge in [-0.3, -0.25) is 0 Å². The quantitative estimate of drug-likeness (QED) is 0.682. The molecule has 0 aromatic heterocycles. The zero-order valence-corrected chi connectivity index (χ0v) is 15.0. The highest BCUT2D eigenvalue weighted by Crippen LogP contribution is 2.34. The minimum atomic E-state index is -0.344. The fourth-order valence-electron chi connectivity index (χ4n) is 2.82. The number of rotatable bonds is 4. The SMILES string of the molecule is O=C(NCC#CCOc1cccc2ccccc12)Nc1ccc2c(c1)OCO2. The smallest absolute Gasteiger partial charge is 0.319 e. The van der Waals surface area contributed by atoms with Gasteiger partial charge in [0.1, 0.15) is 12.4 Å². The molecule has 2 amide bonds. The van der Waals surface area contributed by atoms with Gasteiger partial charge in [0, 0.05) is 17.1 Å². The Morgan fingerprint density at radius 3 is 2.82 bits per heavy atom. The first kappa shape index (κ1) is 17.6.